The molecule has 0 saturated heterocycles. The second kappa shape index (κ2) is 26.2. The second-order valence-corrected chi connectivity index (χ2v) is 33.1. The van der Waals surface area contributed by atoms with Crippen LogP contribution in [0.4, 0.5) is 68.2 Å². The number of hydrogen-bond acceptors (Lipinski definition) is 6. The van der Waals surface area contributed by atoms with Gasteiger partial charge in [0.05, 0.1) is 34.1 Å². The minimum atomic E-state index is -0.341. The monoisotopic (exact) mass is 1470 g/mol. The maximum Gasteiger partial charge on any atom is 0.252 e. The summed E-state index contributed by atoms with van der Waals surface area (Å²) in [5.41, 5.74) is 29.1. The minimum Gasteiger partial charge on any atom is -0.453 e. The van der Waals surface area contributed by atoms with E-state index in [0.717, 1.165) is 152 Å². The largest absolute Gasteiger partial charge is 0.453 e. The topological polar surface area (TPSA) is 31.4 Å². The number of benzene rings is 18. The zero-order chi connectivity index (χ0) is 77.0. The molecule has 0 unspecified atom stereocenters. The molecule has 7 heteroatoms. The Bertz CT molecular complexity index is 6770. The Morgan fingerprint density at radius 2 is 0.574 bits per heavy atom. The molecular formula is C108H79BN4O2. The Morgan fingerprint density at radius 3 is 0.991 bits per heavy atom. The van der Waals surface area contributed by atoms with Gasteiger partial charge in [-0.2, -0.15) is 0 Å². The predicted octanol–water partition coefficient (Wildman–Crippen LogP) is 28.5. The van der Waals surface area contributed by atoms with Crippen LogP contribution in [0.5, 0.6) is 23.0 Å². The first kappa shape index (κ1) is 67.7. The Labute approximate surface area is 671 Å². The van der Waals surface area contributed by atoms with Crippen LogP contribution in [0.25, 0.3) is 98.7 Å². The molecule has 18 aromatic rings. The van der Waals surface area contributed by atoms with Crippen LogP contribution in [0, 0.1) is 0 Å². The Balaban J connectivity index is 0.904. The number of ether oxygens (including phenoxy) is 2. The van der Waals surface area contributed by atoms with E-state index in [2.05, 4.69) is 431 Å². The van der Waals surface area contributed by atoms with Crippen molar-refractivity contribution < 1.29 is 9.47 Å². The number of anilines is 12. The molecular weight excluding hydrogens is 1400 g/mol. The SMILES string of the molecule is CC(C)(C)c1cccc(-c2cccc(-c3cccc(C(C)(C)C)c3)c2N2c3cc(N4c5ccccc5Oc5ccccc54)ccc3B3c4ccc(N5c6ccccc6Oc6ccccc65)cc4N(c4c(-c5ccc6c(ccc7ccccc76)c5)cccc4-c4ccc5c(ccc6ccccc65)c4)c4cc(-c5ccccc5)cc2c43)c1. The summed E-state index contributed by atoms with van der Waals surface area (Å²) < 4.78 is 13.7. The summed E-state index contributed by atoms with van der Waals surface area (Å²) >= 11 is 0. The van der Waals surface area contributed by atoms with Gasteiger partial charge in [0.2, 0.25) is 0 Å². The summed E-state index contributed by atoms with van der Waals surface area (Å²) in [6.45, 7) is 13.6. The second-order valence-electron chi connectivity index (χ2n) is 33.1. The smallest absolute Gasteiger partial charge is 0.252 e. The highest BCUT2D eigenvalue weighted by atomic mass is 16.5. The van der Waals surface area contributed by atoms with E-state index < -0.39 is 0 Å². The average Bonchev–Trinajstić information content (AvgIpc) is 0.684. The van der Waals surface area contributed by atoms with Crippen molar-refractivity contribution in [3.05, 3.63) is 381 Å². The van der Waals surface area contributed by atoms with Gasteiger partial charge < -0.3 is 29.1 Å². The van der Waals surface area contributed by atoms with Gasteiger partial charge >= 0.3 is 0 Å². The van der Waals surface area contributed by atoms with Gasteiger partial charge in [0.25, 0.3) is 6.71 Å². The van der Waals surface area contributed by atoms with Crippen molar-refractivity contribution in [2.45, 2.75) is 52.4 Å². The quantitative estimate of drug-likeness (QED) is 0.106. The lowest BCUT2D eigenvalue weighted by Crippen LogP contribution is -2.61. The van der Waals surface area contributed by atoms with Gasteiger partial charge in [0, 0.05) is 56.4 Å². The van der Waals surface area contributed by atoms with E-state index in [1.807, 2.05) is 0 Å². The van der Waals surface area contributed by atoms with Crippen molar-refractivity contribution in [2.24, 2.45) is 0 Å². The fourth-order valence-electron chi connectivity index (χ4n) is 18.7. The molecule has 4 aliphatic rings. The van der Waals surface area contributed by atoms with Gasteiger partial charge in [-0.1, -0.05) is 315 Å². The molecule has 0 N–H and O–H groups in total. The van der Waals surface area contributed by atoms with Gasteiger partial charge in [-0.05, 0) is 212 Å². The average molecular weight is 1480 g/mol. The molecule has 18 aromatic carbocycles. The summed E-state index contributed by atoms with van der Waals surface area (Å²) in [5.74, 6) is 3.16. The van der Waals surface area contributed by atoms with Gasteiger partial charge in [0.1, 0.15) is 0 Å². The fraction of sp³-hybridized carbons (Fsp3) is 0.0741. The van der Waals surface area contributed by atoms with E-state index in [9.17, 15) is 0 Å². The maximum atomic E-state index is 6.85. The molecule has 0 saturated carbocycles. The first-order valence-electron chi connectivity index (χ1n) is 40.0. The highest BCUT2D eigenvalue weighted by Gasteiger charge is 2.47. The molecule has 0 bridgehead atoms. The summed E-state index contributed by atoms with van der Waals surface area (Å²) in [6.07, 6.45) is 0. The van der Waals surface area contributed by atoms with Crippen LogP contribution in [0.3, 0.4) is 0 Å². The first-order chi connectivity index (χ1) is 56.3. The van der Waals surface area contributed by atoms with Crippen LogP contribution in [-0.4, -0.2) is 6.71 Å². The standard InChI is InChI=1S/C108H79BN4O2/c1-107(2,3)78-32-22-30-71(62-78)86-36-24-37-87(72-31-23-33-79(63-72)108(4,5)6)105(86)112-96-66-80(110-92-40-14-18-44-100(92)114-101-45-19-15-41-93(101)110)54-58-90(96)109-91-59-55-81(111-94-42-16-20-46-102(94)115-103-47-21-17-43-95(103)111)67-97(91)113(99-65-77(64-98(112)104(99)109)68-26-8-7-9-27-68)106-88(75-52-56-84-73(60-75)50-48-69-28-10-12-34-82(69)84)38-25-39-89(106)76-53-57-85-74(61-76)51-49-70-29-11-13-35-83(70)85/h7-67H,1-6H3. The van der Waals surface area contributed by atoms with Gasteiger partial charge in [-0.3, -0.25) is 0 Å². The molecule has 546 valence electrons. The molecule has 6 nitrogen and oxygen atoms in total. The number of para-hydroxylation sites is 10. The van der Waals surface area contributed by atoms with Crippen LogP contribution >= 0.6 is 0 Å². The molecule has 22 rings (SSSR count). The zero-order valence-electron chi connectivity index (χ0n) is 64.9. The number of fused-ring (bicyclic) bond motifs is 14. The van der Waals surface area contributed by atoms with Crippen LogP contribution in [0.1, 0.15) is 52.7 Å². The third kappa shape index (κ3) is 11.1. The molecule has 0 fully saturated rings. The normalized spacial score (nSPS) is 13.2. The third-order valence-corrected chi connectivity index (χ3v) is 24.2. The van der Waals surface area contributed by atoms with Crippen LogP contribution in [-0.2, 0) is 10.8 Å². The fourth-order valence-corrected chi connectivity index (χ4v) is 18.7. The number of nitrogens with zero attached hydrogens (tertiary/aromatic N) is 4. The Kier molecular flexibility index (Phi) is 15.5. The molecule has 115 heavy (non-hydrogen) atoms. The van der Waals surface area contributed by atoms with Crippen LogP contribution < -0.4 is 45.5 Å². The highest BCUT2D eigenvalue weighted by molar-refractivity contribution is 7.00. The third-order valence-electron chi connectivity index (χ3n) is 24.2. The van der Waals surface area contributed by atoms with Crippen molar-refractivity contribution in [3.63, 3.8) is 0 Å². The van der Waals surface area contributed by atoms with Crippen LogP contribution in [0.15, 0.2) is 370 Å². The number of hydrogen-bond donors (Lipinski definition) is 0. The summed E-state index contributed by atoms with van der Waals surface area (Å²) in [6, 6.07) is 138. The van der Waals surface area contributed by atoms with Gasteiger partial charge in [0.15, 0.2) is 23.0 Å². The molecule has 0 aliphatic carbocycles. The predicted molar refractivity (Wildman–Crippen MR) is 485 cm³/mol. The van der Waals surface area contributed by atoms with E-state index in [1.165, 1.54) is 65.1 Å². The highest BCUT2D eigenvalue weighted by Crippen LogP contribution is 2.59. The van der Waals surface area contributed by atoms with Gasteiger partial charge in [-0.15, -0.1) is 0 Å². The Morgan fingerprint density at radius 1 is 0.226 bits per heavy atom. The molecule has 0 aromatic heterocycles. The van der Waals surface area contributed by atoms with Crippen molar-refractivity contribution in [1.82, 2.24) is 0 Å². The zero-order valence-corrected chi connectivity index (χ0v) is 64.9. The summed E-state index contributed by atoms with van der Waals surface area (Å²) in [7, 11) is 0. The van der Waals surface area contributed by atoms with E-state index in [4.69, 9.17) is 9.47 Å². The van der Waals surface area contributed by atoms with Crippen molar-refractivity contribution in [1.29, 1.82) is 0 Å². The summed E-state index contributed by atoms with van der Waals surface area (Å²) in [4.78, 5) is 10.2. The van der Waals surface area contributed by atoms with Crippen molar-refractivity contribution in [3.8, 4) is 78.6 Å². The molecule has 0 atom stereocenters. The molecule has 0 amide bonds. The minimum absolute atomic E-state index is 0.147. The summed E-state index contributed by atoms with van der Waals surface area (Å²) in [5, 5.41) is 9.67. The van der Waals surface area contributed by atoms with E-state index in [1.54, 1.807) is 0 Å². The molecule has 4 heterocycles. The van der Waals surface area contributed by atoms with Crippen molar-refractivity contribution >= 4 is 134 Å². The maximum absolute atomic E-state index is 6.85. The van der Waals surface area contributed by atoms with Crippen molar-refractivity contribution in [2.75, 3.05) is 19.6 Å². The molecule has 0 radical (unpaired) electrons. The van der Waals surface area contributed by atoms with E-state index >= 15 is 0 Å². The molecule has 0 spiro atoms. The van der Waals surface area contributed by atoms with Gasteiger partial charge in [-0.25, -0.2) is 0 Å². The Hall–Kier alpha value is -14.1. The molecule has 4 aliphatic heterocycles. The lowest BCUT2D eigenvalue weighted by Gasteiger charge is -2.46. The first-order valence-corrected chi connectivity index (χ1v) is 40.0. The lowest BCUT2D eigenvalue weighted by molar-refractivity contribution is 0.477. The van der Waals surface area contributed by atoms with E-state index in [-0.39, 0.29) is 17.5 Å². The number of rotatable bonds is 9. The lowest BCUT2D eigenvalue weighted by atomic mass is 9.33. The van der Waals surface area contributed by atoms with E-state index in [0.29, 0.717) is 0 Å². The van der Waals surface area contributed by atoms with Crippen LogP contribution in [0.2, 0.25) is 0 Å².